The average molecular weight is 705 g/mol. The molecule has 0 saturated carbocycles. The maximum atomic E-state index is 13.5. The van der Waals surface area contributed by atoms with E-state index in [9.17, 15) is 32.3 Å². The van der Waals surface area contributed by atoms with E-state index >= 15 is 0 Å². The van der Waals surface area contributed by atoms with Gasteiger partial charge < -0.3 is 24.4 Å². The summed E-state index contributed by atoms with van der Waals surface area (Å²) in [5, 5.41) is 2.79. The van der Waals surface area contributed by atoms with E-state index in [-0.39, 0.29) is 59.8 Å². The molecule has 4 aromatic carbocycles. The molecular formula is C39H39F3N2O7. The number of carbonyl (C=O) groups is 4. The lowest BCUT2D eigenvalue weighted by Crippen LogP contribution is -2.24. The Bertz CT molecular complexity index is 1850. The van der Waals surface area contributed by atoms with Gasteiger partial charge in [0.1, 0.15) is 17.9 Å². The van der Waals surface area contributed by atoms with E-state index in [2.05, 4.69) is 5.32 Å². The van der Waals surface area contributed by atoms with E-state index in [0.717, 1.165) is 17.7 Å². The van der Waals surface area contributed by atoms with Crippen molar-refractivity contribution in [3.05, 3.63) is 119 Å². The van der Waals surface area contributed by atoms with Gasteiger partial charge in [0, 0.05) is 26.1 Å². The fourth-order valence-corrected chi connectivity index (χ4v) is 5.07. The molecule has 0 radical (unpaired) electrons. The Morgan fingerprint density at radius 2 is 1.47 bits per heavy atom. The maximum absolute atomic E-state index is 13.5. The van der Waals surface area contributed by atoms with Gasteiger partial charge in [-0.25, -0.2) is 4.79 Å². The summed E-state index contributed by atoms with van der Waals surface area (Å²) in [5.41, 5.74) is 1.54. The molecule has 9 nitrogen and oxygen atoms in total. The van der Waals surface area contributed by atoms with Gasteiger partial charge in [-0.05, 0) is 85.8 Å². The lowest BCUT2D eigenvalue weighted by Gasteiger charge is -2.17. The highest BCUT2D eigenvalue weighted by molar-refractivity contribution is 6.11. The molecule has 51 heavy (non-hydrogen) atoms. The van der Waals surface area contributed by atoms with Crippen molar-refractivity contribution >= 4 is 29.4 Å². The Balaban J connectivity index is 1.42. The molecule has 0 spiro atoms. The molecule has 0 atom stereocenters. The van der Waals surface area contributed by atoms with Crippen molar-refractivity contribution in [2.75, 3.05) is 32.6 Å². The Hall–Kier alpha value is -5.49. The summed E-state index contributed by atoms with van der Waals surface area (Å²) in [6, 6.07) is 22.3. The molecule has 0 aliphatic rings. The molecule has 4 aromatic rings. The number of carbonyl (C=O) groups excluding carboxylic acids is 4. The van der Waals surface area contributed by atoms with Crippen LogP contribution in [0.1, 0.15) is 68.9 Å². The minimum absolute atomic E-state index is 0.00442. The van der Waals surface area contributed by atoms with Crippen LogP contribution >= 0.6 is 0 Å². The molecule has 0 fully saturated rings. The molecule has 0 bridgehead atoms. The monoisotopic (exact) mass is 704 g/mol. The normalized spacial score (nSPS) is 11.2. The maximum Gasteiger partial charge on any atom is 0.416 e. The smallest absolute Gasteiger partial charge is 0.416 e. The number of anilines is 1. The van der Waals surface area contributed by atoms with Crippen LogP contribution in [0.2, 0.25) is 0 Å². The third kappa shape index (κ3) is 10.7. The second kappa shape index (κ2) is 17.4. The van der Waals surface area contributed by atoms with Crippen LogP contribution in [-0.4, -0.2) is 62.1 Å². The third-order valence-electron chi connectivity index (χ3n) is 7.61. The zero-order valence-corrected chi connectivity index (χ0v) is 28.7. The second-order valence-corrected chi connectivity index (χ2v) is 12.0. The summed E-state index contributed by atoms with van der Waals surface area (Å²) < 4.78 is 55.4. The number of amides is 2. The highest BCUT2D eigenvalue weighted by Crippen LogP contribution is 2.32. The van der Waals surface area contributed by atoms with Gasteiger partial charge in [0.05, 0.1) is 29.5 Å². The van der Waals surface area contributed by atoms with E-state index in [1.54, 1.807) is 68.7 Å². The van der Waals surface area contributed by atoms with Crippen molar-refractivity contribution in [2.24, 2.45) is 0 Å². The SMILES string of the molecule is CC(C)OCCOC(=O)c1ccccc1OC(=O)CCCc1ccc(NC(=O)c2ccccc2-c2ccc(C(F)(F)F)cc2)c(C(=O)N(C)C)c1. The van der Waals surface area contributed by atoms with Crippen molar-refractivity contribution in [3.63, 3.8) is 0 Å². The first kappa shape index (κ1) is 38.3. The van der Waals surface area contributed by atoms with Crippen LogP contribution in [0.15, 0.2) is 91.0 Å². The van der Waals surface area contributed by atoms with Crippen LogP contribution in [0.25, 0.3) is 11.1 Å². The molecule has 0 saturated heterocycles. The first-order valence-electron chi connectivity index (χ1n) is 16.3. The van der Waals surface area contributed by atoms with Crippen molar-refractivity contribution in [3.8, 4) is 16.9 Å². The second-order valence-electron chi connectivity index (χ2n) is 12.0. The number of nitrogens with zero attached hydrogens (tertiary/aromatic N) is 1. The zero-order valence-electron chi connectivity index (χ0n) is 28.7. The number of ether oxygens (including phenoxy) is 3. The van der Waals surface area contributed by atoms with Gasteiger partial charge in [-0.15, -0.1) is 0 Å². The molecular weight excluding hydrogens is 665 g/mol. The predicted molar refractivity (Wildman–Crippen MR) is 186 cm³/mol. The number of nitrogens with one attached hydrogen (secondary N) is 1. The fraction of sp³-hybridized carbons (Fsp3) is 0.282. The van der Waals surface area contributed by atoms with Crippen molar-refractivity contribution in [2.45, 2.75) is 45.4 Å². The molecule has 1 N–H and O–H groups in total. The number of esters is 2. The predicted octanol–water partition coefficient (Wildman–Crippen LogP) is 7.84. The van der Waals surface area contributed by atoms with Crippen LogP contribution < -0.4 is 10.1 Å². The average Bonchev–Trinajstić information content (AvgIpc) is 3.10. The summed E-state index contributed by atoms with van der Waals surface area (Å²) in [6.07, 6.45) is -3.72. The van der Waals surface area contributed by atoms with Crippen LogP contribution in [0.4, 0.5) is 18.9 Å². The number of benzene rings is 4. The van der Waals surface area contributed by atoms with E-state index in [1.807, 2.05) is 13.8 Å². The zero-order chi connectivity index (χ0) is 37.1. The number of para-hydroxylation sites is 1. The summed E-state index contributed by atoms with van der Waals surface area (Å²) >= 11 is 0. The molecule has 2 amide bonds. The molecule has 0 unspecified atom stereocenters. The first-order chi connectivity index (χ1) is 24.2. The first-order valence-corrected chi connectivity index (χ1v) is 16.3. The Morgan fingerprint density at radius 3 is 2.14 bits per heavy atom. The van der Waals surface area contributed by atoms with Gasteiger partial charge in [-0.2, -0.15) is 13.2 Å². The van der Waals surface area contributed by atoms with Gasteiger partial charge in [0.2, 0.25) is 0 Å². The van der Waals surface area contributed by atoms with Crippen molar-refractivity contribution < 1.29 is 46.6 Å². The summed E-state index contributed by atoms with van der Waals surface area (Å²) in [5.74, 6) is -2.04. The Labute approximate surface area is 294 Å². The number of rotatable bonds is 14. The van der Waals surface area contributed by atoms with Gasteiger partial charge in [0.25, 0.3) is 11.8 Å². The van der Waals surface area contributed by atoms with E-state index < -0.39 is 29.6 Å². The minimum Gasteiger partial charge on any atom is -0.460 e. The fourth-order valence-electron chi connectivity index (χ4n) is 5.07. The van der Waals surface area contributed by atoms with Crippen molar-refractivity contribution in [1.29, 1.82) is 0 Å². The van der Waals surface area contributed by atoms with Crippen LogP contribution in [0.3, 0.4) is 0 Å². The highest BCUT2D eigenvalue weighted by atomic mass is 19.4. The Morgan fingerprint density at radius 1 is 0.804 bits per heavy atom. The van der Waals surface area contributed by atoms with E-state index in [0.29, 0.717) is 24.0 Å². The number of alkyl halides is 3. The lowest BCUT2D eigenvalue weighted by atomic mass is 9.97. The molecule has 0 heterocycles. The quantitative estimate of drug-likeness (QED) is 0.0809. The van der Waals surface area contributed by atoms with Crippen LogP contribution in [-0.2, 0) is 26.9 Å². The van der Waals surface area contributed by atoms with Crippen LogP contribution in [0, 0.1) is 0 Å². The summed E-state index contributed by atoms with van der Waals surface area (Å²) in [7, 11) is 3.15. The van der Waals surface area contributed by atoms with Crippen molar-refractivity contribution in [1.82, 2.24) is 4.90 Å². The molecule has 0 aromatic heterocycles. The summed E-state index contributed by atoms with van der Waals surface area (Å²) in [4.78, 5) is 53.4. The standard InChI is InChI=1S/C39H39F3N2O7/c1-25(2)49-22-23-50-38(48)31-13-7-8-14-34(31)51-35(45)15-9-10-26-16-21-33(32(24-26)37(47)44(3)4)43-36(46)30-12-6-5-11-29(30)27-17-19-28(20-18-27)39(40,41)42/h5-8,11-14,16-21,24-25H,9-10,15,22-23H2,1-4H3,(H,43,46). The van der Waals surface area contributed by atoms with Crippen LogP contribution in [0.5, 0.6) is 5.75 Å². The summed E-state index contributed by atoms with van der Waals surface area (Å²) in [6.45, 7) is 4.03. The number of aryl methyl sites for hydroxylation is 1. The topological polar surface area (TPSA) is 111 Å². The van der Waals surface area contributed by atoms with Gasteiger partial charge in [-0.3, -0.25) is 14.4 Å². The lowest BCUT2D eigenvalue weighted by molar-refractivity contribution is -0.137. The number of halogens is 3. The van der Waals surface area contributed by atoms with Gasteiger partial charge in [-0.1, -0.05) is 48.5 Å². The number of hydrogen-bond donors (Lipinski definition) is 1. The third-order valence-corrected chi connectivity index (χ3v) is 7.61. The minimum atomic E-state index is -4.49. The van der Waals surface area contributed by atoms with E-state index in [1.165, 1.54) is 29.2 Å². The van der Waals surface area contributed by atoms with Gasteiger partial charge in [0.15, 0.2) is 0 Å². The number of hydrogen-bond acceptors (Lipinski definition) is 7. The highest BCUT2D eigenvalue weighted by Gasteiger charge is 2.30. The molecule has 268 valence electrons. The van der Waals surface area contributed by atoms with Gasteiger partial charge >= 0.3 is 18.1 Å². The molecule has 0 aliphatic carbocycles. The van der Waals surface area contributed by atoms with E-state index in [4.69, 9.17) is 14.2 Å². The molecule has 12 heteroatoms. The molecule has 4 rings (SSSR count). The largest absolute Gasteiger partial charge is 0.460 e. The Kier molecular flexibility index (Phi) is 13.1. The molecule has 0 aliphatic heterocycles.